The van der Waals surface area contributed by atoms with Crippen molar-refractivity contribution in [3.8, 4) is 11.1 Å². The molecule has 9 nitrogen and oxygen atoms in total. The van der Waals surface area contributed by atoms with Crippen molar-refractivity contribution in [2.24, 2.45) is 10.1 Å². The minimum Gasteiger partial charge on any atom is -0.454 e. The standard InChI is InChI=1S/C62H43N7O2/c1-40(65-55-24-6-4-22-53(55)63)43-14-10-16-47(38-43)68(57-26-12-20-51-49-18-2-8-28-59(49)70-61(51)57)45-34-30-41(31-35-45)42-32-36-46(37-33-42)69(58-27-13-21-52-50-19-3-9-29-60(50)71-62(52)58)48-17-11-15-44(39-48)66-67-56-25-7-5-23-54(56)64/h2-39,63-64,66H,1H2/b63-53?,64-54?,65-55-,67-56-. The highest BCUT2D eigenvalue weighted by Gasteiger charge is 2.22. The molecule has 2 aromatic heterocycles. The number of fused-ring (bicyclic) bond motifs is 6. The fraction of sp³-hybridized carbons (Fsp3) is 0. The molecule has 0 radical (unpaired) electrons. The zero-order valence-corrected chi connectivity index (χ0v) is 38.3. The van der Waals surface area contributed by atoms with Gasteiger partial charge in [0.05, 0.1) is 39.9 Å². The van der Waals surface area contributed by atoms with Crippen LogP contribution in [0, 0.1) is 10.8 Å². The second-order valence-corrected chi connectivity index (χ2v) is 17.2. The highest BCUT2D eigenvalue weighted by molar-refractivity contribution is 6.51. The Morgan fingerprint density at radius 3 is 1.49 bits per heavy atom. The van der Waals surface area contributed by atoms with Crippen molar-refractivity contribution in [2.45, 2.75) is 0 Å². The molecule has 0 fully saturated rings. The van der Waals surface area contributed by atoms with Crippen LogP contribution in [0.2, 0.25) is 0 Å². The topological polar surface area (TPSA) is 117 Å². The van der Waals surface area contributed by atoms with Crippen LogP contribution in [0.5, 0.6) is 0 Å². The summed E-state index contributed by atoms with van der Waals surface area (Å²) in [5, 5.41) is 25.4. The van der Waals surface area contributed by atoms with Crippen LogP contribution in [0.1, 0.15) is 5.56 Å². The predicted molar refractivity (Wildman–Crippen MR) is 295 cm³/mol. The number of furan rings is 2. The lowest BCUT2D eigenvalue weighted by Crippen LogP contribution is -2.12. The first-order valence-corrected chi connectivity index (χ1v) is 23.2. The quantitative estimate of drug-likeness (QED) is 0.0882. The van der Waals surface area contributed by atoms with Gasteiger partial charge in [0.1, 0.15) is 16.9 Å². The third kappa shape index (κ3) is 8.03. The summed E-state index contributed by atoms with van der Waals surface area (Å²) in [6.45, 7) is 4.32. The van der Waals surface area contributed by atoms with Crippen LogP contribution in [0.3, 0.4) is 0 Å². The summed E-state index contributed by atoms with van der Waals surface area (Å²) in [7, 11) is 0. The van der Waals surface area contributed by atoms with E-state index in [0.29, 0.717) is 28.5 Å². The van der Waals surface area contributed by atoms with E-state index in [2.05, 4.69) is 148 Å². The fourth-order valence-electron chi connectivity index (χ4n) is 9.29. The first kappa shape index (κ1) is 42.5. The van der Waals surface area contributed by atoms with Gasteiger partial charge in [-0.2, -0.15) is 5.10 Å². The molecule has 0 amide bonds. The van der Waals surface area contributed by atoms with Crippen LogP contribution >= 0.6 is 0 Å². The van der Waals surface area contributed by atoms with E-state index in [9.17, 15) is 0 Å². The number of hydrogen-bond acceptors (Lipinski definition) is 9. The Kier molecular flexibility index (Phi) is 10.8. The van der Waals surface area contributed by atoms with Crippen molar-refractivity contribution in [2.75, 3.05) is 15.2 Å². The van der Waals surface area contributed by atoms with Gasteiger partial charge in [0, 0.05) is 49.9 Å². The van der Waals surface area contributed by atoms with Gasteiger partial charge in [0.15, 0.2) is 11.2 Å². The summed E-state index contributed by atoms with van der Waals surface area (Å²) in [6, 6.07) is 62.2. The molecule has 0 saturated carbocycles. The molecule has 9 heteroatoms. The number of para-hydroxylation sites is 4. The average molecular weight is 918 g/mol. The van der Waals surface area contributed by atoms with Gasteiger partial charge in [-0.25, -0.2) is 4.99 Å². The summed E-state index contributed by atoms with van der Waals surface area (Å²) in [4.78, 5) is 9.18. The molecule has 2 aliphatic carbocycles. The van der Waals surface area contributed by atoms with Gasteiger partial charge in [-0.1, -0.05) is 134 Å². The van der Waals surface area contributed by atoms with E-state index in [1.807, 2.05) is 97.1 Å². The second kappa shape index (κ2) is 18.0. The highest BCUT2D eigenvalue weighted by atomic mass is 16.3. The number of nitrogens with zero attached hydrogens (tertiary/aromatic N) is 4. The van der Waals surface area contributed by atoms with E-state index in [1.54, 1.807) is 12.2 Å². The van der Waals surface area contributed by atoms with Crippen LogP contribution < -0.4 is 15.2 Å². The van der Waals surface area contributed by atoms with Crippen molar-refractivity contribution in [3.63, 3.8) is 0 Å². The Balaban J connectivity index is 0.917. The van der Waals surface area contributed by atoms with Crippen molar-refractivity contribution in [1.29, 1.82) is 10.8 Å². The van der Waals surface area contributed by atoms with E-state index in [-0.39, 0.29) is 0 Å². The molecule has 0 atom stereocenters. The summed E-state index contributed by atoms with van der Waals surface area (Å²) >= 11 is 0. The zero-order chi connectivity index (χ0) is 47.8. The van der Waals surface area contributed by atoms with Gasteiger partial charge >= 0.3 is 0 Å². The van der Waals surface area contributed by atoms with E-state index in [1.165, 1.54) is 0 Å². The maximum Gasteiger partial charge on any atom is 0.159 e. The number of allylic oxidation sites excluding steroid dienone is 8. The summed E-state index contributed by atoms with van der Waals surface area (Å²) in [5.74, 6) is 0. The number of anilines is 7. The van der Waals surface area contributed by atoms with E-state index in [4.69, 9.17) is 24.6 Å². The Hall–Kier alpha value is -9.86. The van der Waals surface area contributed by atoms with Gasteiger partial charge in [0.2, 0.25) is 0 Å². The normalized spacial score (nSPS) is 14.4. The lowest BCUT2D eigenvalue weighted by molar-refractivity contribution is 0.668. The lowest BCUT2D eigenvalue weighted by Gasteiger charge is -2.27. The van der Waals surface area contributed by atoms with Crippen LogP contribution in [0.15, 0.2) is 256 Å². The lowest BCUT2D eigenvalue weighted by atomic mass is 10.0. The molecular formula is C62H43N7O2. The zero-order valence-electron chi connectivity index (χ0n) is 38.3. The molecule has 8 aromatic carbocycles. The van der Waals surface area contributed by atoms with Crippen molar-refractivity contribution >= 4 is 112 Å². The Bertz CT molecular complexity index is 3980. The van der Waals surface area contributed by atoms with Crippen LogP contribution in [-0.4, -0.2) is 22.8 Å². The summed E-state index contributed by atoms with van der Waals surface area (Å²) in [6.07, 6.45) is 14.5. The monoisotopic (exact) mass is 917 g/mol. The molecule has 71 heavy (non-hydrogen) atoms. The molecule has 0 aliphatic heterocycles. The Labute approximate surface area is 409 Å². The third-order valence-electron chi connectivity index (χ3n) is 12.7. The summed E-state index contributed by atoms with van der Waals surface area (Å²) < 4.78 is 13.2. The Morgan fingerprint density at radius 1 is 0.451 bits per heavy atom. The van der Waals surface area contributed by atoms with Gasteiger partial charge in [-0.05, 0) is 114 Å². The largest absolute Gasteiger partial charge is 0.454 e. The average Bonchev–Trinajstić information content (AvgIpc) is 4.00. The number of hydrazone groups is 1. The number of hydrogen-bond donors (Lipinski definition) is 3. The fourth-order valence-corrected chi connectivity index (χ4v) is 9.29. The molecule has 0 unspecified atom stereocenters. The van der Waals surface area contributed by atoms with Crippen LogP contribution in [0.4, 0.5) is 39.8 Å². The van der Waals surface area contributed by atoms with Crippen LogP contribution in [-0.2, 0) is 0 Å². The molecule has 2 aliphatic rings. The molecular weight excluding hydrogens is 875 g/mol. The van der Waals surface area contributed by atoms with E-state index >= 15 is 0 Å². The maximum absolute atomic E-state index is 8.39. The first-order chi connectivity index (χ1) is 34.9. The molecule has 3 N–H and O–H groups in total. The van der Waals surface area contributed by atoms with Crippen LogP contribution in [0.25, 0.3) is 60.7 Å². The van der Waals surface area contributed by atoms with Gasteiger partial charge in [-0.3, -0.25) is 16.2 Å². The number of benzene rings is 8. The third-order valence-corrected chi connectivity index (χ3v) is 12.7. The summed E-state index contributed by atoms with van der Waals surface area (Å²) in [5.41, 5.74) is 17.9. The molecule has 0 saturated heterocycles. The van der Waals surface area contributed by atoms with Crippen molar-refractivity contribution in [1.82, 2.24) is 0 Å². The number of rotatable bonds is 11. The molecule has 338 valence electrons. The smallest absolute Gasteiger partial charge is 0.159 e. The predicted octanol–water partition coefficient (Wildman–Crippen LogP) is 16.6. The SMILES string of the molecule is C=C(/N=C1/C=CC=CC1=N)c1cccc(N(c2ccc(-c3ccc(N(c4cccc(N/N=C5/C=CC=CC5=N)c4)c4cccc5c4oc4ccccc45)cc3)cc2)c2cccc3c2oc2ccccc23)c1. The molecule has 12 rings (SSSR count). The van der Waals surface area contributed by atoms with Crippen molar-refractivity contribution < 1.29 is 8.83 Å². The number of aliphatic imine (C=N–C) groups is 1. The molecule has 0 spiro atoms. The second-order valence-electron chi connectivity index (χ2n) is 17.2. The first-order valence-electron chi connectivity index (χ1n) is 23.2. The van der Waals surface area contributed by atoms with Gasteiger partial charge < -0.3 is 18.6 Å². The molecule has 2 heterocycles. The minimum atomic E-state index is 0.342. The van der Waals surface area contributed by atoms with E-state index in [0.717, 1.165) is 100 Å². The number of nitrogens with one attached hydrogen (secondary N) is 3. The van der Waals surface area contributed by atoms with Gasteiger partial charge in [-0.15, -0.1) is 0 Å². The van der Waals surface area contributed by atoms with E-state index < -0.39 is 0 Å². The van der Waals surface area contributed by atoms with Crippen molar-refractivity contribution in [3.05, 3.63) is 243 Å². The maximum atomic E-state index is 8.39. The minimum absolute atomic E-state index is 0.342. The molecule has 10 aromatic rings. The van der Waals surface area contributed by atoms with Gasteiger partial charge in [0.25, 0.3) is 0 Å². The highest BCUT2D eigenvalue weighted by Crippen LogP contribution is 2.45. The molecule has 0 bridgehead atoms. The Morgan fingerprint density at radius 2 is 0.930 bits per heavy atom.